The Morgan fingerprint density at radius 1 is 1.08 bits per heavy atom. The molecule has 2 aromatic carbocycles. The zero-order valence-corrected chi connectivity index (χ0v) is 15.7. The van der Waals surface area contributed by atoms with E-state index in [2.05, 4.69) is 15.2 Å². The highest BCUT2D eigenvalue weighted by Crippen LogP contribution is 2.11. The summed E-state index contributed by atoms with van der Waals surface area (Å²) in [6.07, 6.45) is 1.49. The number of hydrogen-bond donors (Lipinski definition) is 2. The second kappa shape index (κ2) is 8.59. The second-order valence-corrected chi connectivity index (χ2v) is 7.68. The third-order valence-corrected chi connectivity index (χ3v) is 4.98. The molecular weight excluding hydrogens is 352 g/mol. The van der Waals surface area contributed by atoms with Gasteiger partial charge in [-0.3, -0.25) is 4.79 Å². The maximum absolute atomic E-state index is 12.1. The van der Waals surface area contributed by atoms with Crippen LogP contribution in [0.3, 0.4) is 0 Å². The van der Waals surface area contributed by atoms with E-state index in [-0.39, 0.29) is 4.90 Å². The van der Waals surface area contributed by atoms with Crippen molar-refractivity contribution in [2.45, 2.75) is 11.8 Å². The van der Waals surface area contributed by atoms with Crippen LogP contribution >= 0.6 is 0 Å². The summed E-state index contributed by atoms with van der Waals surface area (Å²) in [5.41, 5.74) is 5.12. The molecule has 0 bridgehead atoms. The number of nitrogens with zero attached hydrogens (tertiary/aromatic N) is 2. The van der Waals surface area contributed by atoms with Crippen LogP contribution in [0.5, 0.6) is 0 Å². The predicted octanol–water partition coefficient (Wildman–Crippen LogP) is 1.49. The number of carbonyl (C=O) groups is 1. The van der Waals surface area contributed by atoms with E-state index < -0.39 is 22.5 Å². The van der Waals surface area contributed by atoms with Crippen molar-refractivity contribution in [1.82, 2.24) is 10.1 Å². The first-order chi connectivity index (χ1) is 12.3. The summed E-state index contributed by atoms with van der Waals surface area (Å²) in [7, 11) is 0.161. The van der Waals surface area contributed by atoms with Crippen LogP contribution in [0, 0.1) is 6.92 Å². The number of benzene rings is 2. The molecule has 2 rings (SSSR count). The first kappa shape index (κ1) is 19.6. The van der Waals surface area contributed by atoms with Crippen LogP contribution in [0.2, 0.25) is 0 Å². The monoisotopic (exact) mass is 374 g/mol. The topological polar surface area (TPSA) is 90.9 Å². The first-order valence-corrected chi connectivity index (χ1v) is 9.42. The first-order valence-electron chi connectivity index (χ1n) is 7.93. The summed E-state index contributed by atoms with van der Waals surface area (Å²) >= 11 is 0. The number of amides is 1. The summed E-state index contributed by atoms with van der Waals surface area (Å²) in [5.74, 6) is -0.554. The molecule has 2 N–H and O–H groups in total. The molecule has 0 aliphatic rings. The van der Waals surface area contributed by atoms with E-state index in [1.54, 1.807) is 12.1 Å². The maximum atomic E-state index is 12.1. The van der Waals surface area contributed by atoms with Gasteiger partial charge in [0.25, 0.3) is 5.91 Å². The molecule has 0 radical (unpaired) electrons. The van der Waals surface area contributed by atoms with E-state index in [1.165, 1.54) is 18.3 Å². The molecule has 1 amide bonds. The lowest BCUT2D eigenvalue weighted by atomic mass is 10.2. The lowest BCUT2D eigenvalue weighted by Crippen LogP contribution is -2.34. The van der Waals surface area contributed by atoms with Crippen molar-refractivity contribution in [2.75, 3.05) is 25.5 Å². The lowest BCUT2D eigenvalue weighted by molar-refractivity contribution is -0.119. The van der Waals surface area contributed by atoms with Crippen molar-refractivity contribution >= 4 is 27.8 Å². The van der Waals surface area contributed by atoms with Gasteiger partial charge in [0.15, 0.2) is 0 Å². The molecule has 7 nitrogen and oxygen atoms in total. The lowest BCUT2D eigenvalue weighted by Gasteiger charge is -2.11. The molecule has 0 unspecified atom stereocenters. The summed E-state index contributed by atoms with van der Waals surface area (Å²) in [6, 6.07) is 14.0. The van der Waals surface area contributed by atoms with Crippen LogP contribution in [0.1, 0.15) is 11.1 Å². The minimum atomic E-state index is -3.73. The highest BCUT2D eigenvalue weighted by molar-refractivity contribution is 7.89. The standard InChI is InChI=1S/C18H22N4O3S/c1-14-4-10-17(11-5-14)26(24,25)20-13-18(23)21-19-12-15-6-8-16(9-7-15)22(2)3/h4-12,20H,13H2,1-3H3,(H,21,23)/b19-12-. The van der Waals surface area contributed by atoms with Crippen molar-refractivity contribution in [1.29, 1.82) is 0 Å². The Hall–Kier alpha value is -2.71. The molecule has 8 heteroatoms. The Balaban J connectivity index is 1.85. The average Bonchev–Trinajstić information content (AvgIpc) is 2.61. The number of aryl methyl sites for hydroxylation is 1. The molecule has 0 saturated carbocycles. The highest BCUT2D eigenvalue weighted by Gasteiger charge is 2.14. The van der Waals surface area contributed by atoms with E-state index in [0.29, 0.717) is 0 Å². The molecule has 138 valence electrons. The zero-order chi connectivity index (χ0) is 19.2. The number of carbonyl (C=O) groups excluding carboxylic acids is 1. The molecule has 0 atom stereocenters. The number of anilines is 1. The third-order valence-electron chi connectivity index (χ3n) is 3.57. The van der Waals surface area contributed by atoms with Crippen molar-refractivity contribution in [3.05, 3.63) is 59.7 Å². The van der Waals surface area contributed by atoms with Gasteiger partial charge in [0, 0.05) is 19.8 Å². The Morgan fingerprint density at radius 2 is 1.69 bits per heavy atom. The average molecular weight is 374 g/mol. The number of rotatable bonds is 7. The molecule has 0 aromatic heterocycles. The molecule has 0 saturated heterocycles. The van der Waals surface area contributed by atoms with Crippen LogP contribution < -0.4 is 15.0 Å². The summed E-state index contributed by atoms with van der Waals surface area (Å²) in [5, 5.41) is 3.83. The predicted molar refractivity (Wildman–Crippen MR) is 103 cm³/mol. The van der Waals surface area contributed by atoms with Crippen LogP contribution in [0.4, 0.5) is 5.69 Å². The molecule has 0 spiro atoms. The number of sulfonamides is 1. The van der Waals surface area contributed by atoms with Gasteiger partial charge < -0.3 is 4.90 Å². The van der Waals surface area contributed by atoms with Crippen molar-refractivity contribution in [2.24, 2.45) is 5.10 Å². The Bertz CT molecular complexity index is 874. The zero-order valence-electron chi connectivity index (χ0n) is 14.9. The van der Waals surface area contributed by atoms with E-state index in [0.717, 1.165) is 16.8 Å². The molecule has 0 aliphatic heterocycles. The smallest absolute Gasteiger partial charge is 0.255 e. The summed E-state index contributed by atoms with van der Waals surface area (Å²) in [4.78, 5) is 13.8. The molecule has 0 aliphatic carbocycles. The van der Waals surface area contributed by atoms with Crippen LogP contribution in [0.25, 0.3) is 0 Å². The van der Waals surface area contributed by atoms with Gasteiger partial charge >= 0.3 is 0 Å². The van der Waals surface area contributed by atoms with Crippen LogP contribution in [0.15, 0.2) is 58.5 Å². The fourth-order valence-electron chi connectivity index (χ4n) is 2.04. The maximum Gasteiger partial charge on any atom is 0.255 e. The largest absolute Gasteiger partial charge is 0.378 e. The normalized spacial score (nSPS) is 11.5. The fraction of sp³-hybridized carbons (Fsp3) is 0.222. The summed E-state index contributed by atoms with van der Waals surface area (Å²) in [6.45, 7) is 1.47. The fourth-order valence-corrected chi connectivity index (χ4v) is 3.02. The van der Waals surface area contributed by atoms with E-state index >= 15 is 0 Å². The molecule has 2 aromatic rings. The van der Waals surface area contributed by atoms with Crippen LogP contribution in [-0.2, 0) is 14.8 Å². The SMILES string of the molecule is Cc1ccc(S(=O)(=O)NCC(=O)N/N=C\c2ccc(N(C)C)cc2)cc1. The quantitative estimate of drug-likeness (QED) is 0.567. The molecule has 0 heterocycles. The minimum absolute atomic E-state index is 0.111. The van der Waals surface area contributed by atoms with Gasteiger partial charge in [-0.15, -0.1) is 0 Å². The van der Waals surface area contributed by atoms with Crippen molar-refractivity contribution in [3.8, 4) is 0 Å². The summed E-state index contributed by atoms with van der Waals surface area (Å²) < 4.78 is 26.4. The number of nitrogens with one attached hydrogen (secondary N) is 2. The third kappa shape index (κ3) is 5.68. The van der Waals surface area contributed by atoms with E-state index in [1.807, 2.05) is 50.2 Å². The van der Waals surface area contributed by atoms with E-state index in [4.69, 9.17) is 0 Å². The van der Waals surface area contributed by atoms with Gasteiger partial charge in [-0.1, -0.05) is 29.8 Å². The molecular formula is C18H22N4O3S. The van der Waals surface area contributed by atoms with Gasteiger partial charge in [0.1, 0.15) is 0 Å². The van der Waals surface area contributed by atoms with Gasteiger partial charge in [0.05, 0.1) is 17.7 Å². The number of hydrazone groups is 1. The van der Waals surface area contributed by atoms with Gasteiger partial charge in [0.2, 0.25) is 10.0 Å². The molecule has 26 heavy (non-hydrogen) atoms. The van der Waals surface area contributed by atoms with Crippen molar-refractivity contribution in [3.63, 3.8) is 0 Å². The Labute approximate surface area is 153 Å². The second-order valence-electron chi connectivity index (χ2n) is 5.92. The van der Waals surface area contributed by atoms with E-state index in [9.17, 15) is 13.2 Å². The van der Waals surface area contributed by atoms with Gasteiger partial charge in [-0.05, 0) is 36.8 Å². The van der Waals surface area contributed by atoms with Crippen LogP contribution in [-0.4, -0.2) is 41.2 Å². The molecule has 0 fully saturated rings. The van der Waals surface area contributed by atoms with Gasteiger partial charge in [-0.25, -0.2) is 18.6 Å². The Kier molecular flexibility index (Phi) is 6.48. The minimum Gasteiger partial charge on any atom is -0.378 e. The van der Waals surface area contributed by atoms with Crippen molar-refractivity contribution < 1.29 is 13.2 Å². The highest BCUT2D eigenvalue weighted by atomic mass is 32.2. The Morgan fingerprint density at radius 3 is 2.27 bits per heavy atom. The van der Waals surface area contributed by atoms with Gasteiger partial charge in [-0.2, -0.15) is 5.10 Å². The number of hydrogen-bond acceptors (Lipinski definition) is 5.